The molecule has 4 nitrogen and oxygen atoms in total. The van der Waals surface area contributed by atoms with Gasteiger partial charge in [0.05, 0.1) is 3.57 Å². The Bertz CT molecular complexity index is 445. The Morgan fingerprint density at radius 1 is 1.25 bits per heavy atom. The molecule has 7 heteroatoms. The topological polar surface area (TPSA) is 66.8 Å². The SMILES string of the molecule is CCc1c(I)c(I)c(I)c(O)c1OC(=O)O. The van der Waals surface area contributed by atoms with E-state index < -0.39 is 6.16 Å². The lowest BCUT2D eigenvalue weighted by atomic mass is 10.1. The first-order chi connectivity index (χ1) is 7.40. The normalized spacial score (nSPS) is 10.2. The van der Waals surface area contributed by atoms with E-state index in [2.05, 4.69) is 49.9 Å². The van der Waals surface area contributed by atoms with Crippen LogP contribution in [-0.4, -0.2) is 16.4 Å². The van der Waals surface area contributed by atoms with Gasteiger partial charge in [-0.05, 0) is 74.2 Å². The molecule has 0 aliphatic heterocycles. The van der Waals surface area contributed by atoms with Crippen LogP contribution in [0.5, 0.6) is 11.5 Å². The first kappa shape index (κ1) is 14.5. The average Bonchev–Trinajstić information content (AvgIpc) is 2.23. The van der Waals surface area contributed by atoms with Gasteiger partial charge in [-0.1, -0.05) is 6.92 Å². The molecular formula is C9H7I3O4. The second-order valence-corrected chi connectivity index (χ2v) is 6.06. The summed E-state index contributed by atoms with van der Waals surface area (Å²) in [6.45, 7) is 1.88. The number of carbonyl (C=O) groups is 1. The molecule has 0 amide bonds. The zero-order chi connectivity index (χ0) is 12.5. The minimum absolute atomic E-state index is 0.0456. The van der Waals surface area contributed by atoms with Gasteiger partial charge >= 0.3 is 6.16 Å². The third-order valence-electron chi connectivity index (χ3n) is 1.89. The maximum Gasteiger partial charge on any atom is 0.511 e. The smallest absolute Gasteiger partial charge is 0.503 e. The lowest BCUT2D eigenvalue weighted by Gasteiger charge is -2.14. The molecule has 2 N–H and O–H groups in total. The number of phenols is 1. The number of hydrogen-bond donors (Lipinski definition) is 2. The van der Waals surface area contributed by atoms with Crippen LogP contribution in [0.1, 0.15) is 12.5 Å². The quantitative estimate of drug-likeness (QED) is 0.250. The third-order valence-corrected chi connectivity index (χ3v) is 7.27. The van der Waals surface area contributed by atoms with E-state index in [1.165, 1.54) is 0 Å². The molecule has 0 spiro atoms. The molecule has 0 atom stereocenters. The Kier molecular flexibility index (Phi) is 5.35. The fourth-order valence-electron chi connectivity index (χ4n) is 1.19. The van der Waals surface area contributed by atoms with Crippen molar-refractivity contribution >= 4 is 73.9 Å². The van der Waals surface area contributed by atoms with Crippen molar-refractivity contribution in [2.45, 2.75) is 13.3 Å². The summed E-state index contributed by atoms with van der Waals surface area (Å²) in [6.07, 6.45) is -0.820. The predicted octanol–water partition coefficient (Wildman–Crippen LogP) is 3.83. The van der Waals surface area contributed by atoms with Crippen molar-refractivity contribution < 1.29 is 19.7 Å². The summed E-state index contributed by atoms with van der Waals surface area (Å²) in [4.78, 5) is 10.6. The first-order valence-corrected chi connectivity index (χ1v) is 7.42. The molecule has 88 valence electrons. The van der Waals surface area contributed by atoms with E-state index in [1.807, 2.05) is 29.5 Å². The van der Waals surface area contributed by atoms with Crippen molar-refractivity contribution in [1.29, 1.82) is 0 Å². The first-order valence-electron chi connectivity index (χ1n) is 4.19. The van der Waals surface area contributed by atoms with Crippen LogP contribution in [0.4, 0.5) is 4.79 Å². The highest BCUT2D eigenvalue weighted by Crippen LogP contribution is 2.41. The number of rotatable bonds is 2. The highest BCUT2D eigenvalue weighted by Gasteiger charge is 2.21. The van der Waals surface area contributed by atoms with Crippen molar-refractivity contribution in [2.24, 2.45) is 0 Å². The van der Waals surface area contributed by atoms with E-state index in [1.54, 1.807) is 0 Å². The van der Waals surface area contributed by atoms with E-state index in [-0.39, 0.29) is 11.5 Å². The fraction of sp³-hybridized carbons (Fsp3) is 0.222. The van der Waals surface area contributed by atoms with Crippen molar-refractivity contribution in [2.75, 3.05) is 0 Å². The molecular weight excluding hydrogens is 553 g/mol. The molecule has 0 fully saturated rings. The van der Waals surface area contributed by atoms with Crippen LogP contribution in [0.15, 0.2) is 0 Å². The molecule has 1 rings (SSSR count). The molecule has 0 unspecified atom stereocenters. The molecule has 0 saturated heterocycles. The molecule has 0 heterocycles. The summed E-state index contributed by atoms with van der Waals surface area (Å²) in [5.41, 5.74) is 0.713. The van der Waals surface area contributed by atoms with Crippen LogP contribution in [0.2, 0.25) is 0 Å². The molecule has 1 aromatic carbocycles. The summed E-state index contributed by atoms with van der Waals surface area (Å²) >= 11 is 6.20. The van der Waals surface area contributed by atoms with Crippen LogP contribution in [0.3, 0.4) is 0 Å². The Morgan fingerprint density at radius 3 is 2.25 bits per heavy atom. The minimum Gasteiger partial charge on any atom is -0.503 e. The van der Waals surface area contributed by atoms with Crippen LogP contribution in [-0.2, 0) is 6.42 Å². The van der Waals surface area contributed by atoms with Crippen LogP contribution < -0.4 is 4.74 Å². The Balaban J connectivity index is 3.50. The Morgan fingerprint density at radius 2 is 1.81 bits per heavy atom. The van der Waals surface area contributed by atoms with E-state index in [4.69, 9.17) is 5.11 Å². The fourth-order valence-corrected chi connectivity index (χ4v) is 3.70. The van der Waals surface area contributed by atoms with Gasteiger partial charge in [-0.2, -0.15) is 0 Å². The van der Waals surface area contributed by atoms with Gasteiger partial charge in [-0.15, -0.1) is 0 Å². The van der Waals surface area contributed by atoms with E-state index >= 15 is 0 Å². The zero-order valence-electron chi connectivity index (χ0n) is 8.05. The molecule has 0 aliphatic rings. The van der Waals surface area contributed by atoms with Crippen molar-refractivity contribution in [1.82, 2.24) is 0 Å². The number of hydrogen-bond acceptors (Lipinski definition) is 3. The van der Waals surface area contributed by atoms with E-state index in [0.29, 0.717) is 15.6 Å². The molecule has 0 aromatic heterocycles. The predicted molar refractivity (Wildman–Crippen MR) is 84.3 cm³/mol. The molecule has 0 saturated carbocycles. The molecule has 1 aromatic rings. The highest BCUT2D eigenvalue weighted by atomic mass is 127. The van der Waals surface area contributed by atoms with Crippen molar-refractivity contribution in [3.63, 3.8) is 0 Å². The lowest BCUT2D eigenvalue weighted by molar-refractivity contribution is 0.142. The number of benzene rings is 1. The third kappa shape index (κ3) is 2.83. The molecule has 0 aliphatic carbocycles. The van der Waals surface area contributed by atoms with Crippen LogP contribution >= 0.6 is 67.8 Å². The second kappa shape index (κ2) is 5.89. The lowest BCUT2D eigenvalue weighted by Crippen LogP contribution is -2.08. The second-order valence-electron chi connectivity index (χ2n) is 2.82. The summed E-state index contributed by atoms with van der Waals surface area (Å²) in [5, 5.41) is 18.5. The Hall–Kier alpha value is 0.480. The number of ether oxygens (including phenoxy) is 1. The maximum absolute atomic E-state index is 10.6. The van der Waals surface area contributed by atoms with E-state index in [9.17, 15) is 9.90 Å². The Labute approximate surface area is 133 Å². The summed E-state index contributed by atoms with van der Waals surface area (Å²) < 4.78 is 7.07. The number of aromatic hydroxyl groups is 1. The monoisotopic (exact) mass is 560 g/mol. The van der Waals surface area contributed by atoms with Gasteiger partial charge in [0.2, 0.25) is 0 Å². The standard InChI is InChI=1S/C9H7I3O4/c1-2-3-4(10)5(11)6(12)7(13)8(3)16-9(14)15/h13H,2H2,1H3,(H,14,15). The van der Waals surface area contributed by atoms with Crippen molar-refractivity contribution in [3.8, 4) is 11.5 Å². The van der Waals surface area contributed by atoms with Crippen molar-refractivity contribution in [3.05, 3.63) is 16.3 Å². The number of carboxylic acid groups (broad SMARTS) is 1. The van der Waals surface area contributed by atoms with Gasteiger partial charge in [0.1, 0.15) is 0 Å². The van der Waals surface area contributed by atoms with Gasteiger partial charge in [-0.25, -0.2) is 4.79 Å². The van der Waals surface area contributed by atoms with Gasteiger partial charge in [-0.3, -0.25) is 0 Å². The highest BCUT2D eigenvalue weighted by molar-refractivity contribution is 14.1. The minimum atomic E-state index is -1.42. The molecule has 16 heavy (non-hydrogen) atoms. The average molecular weight is 560 g/mol. The van der Waals surface area contributed by atoms with Crippen LogP contribution in [0.25, 0.3) is 0 Å². The summed E-state index contributed by atoms with van der Waals surface area (Å²) in [6, 6.07) is 0. The van der Waals surface area contributed by atoms with Gasteiger partial charge < -0.3 is 14.9 Å². The summed E-state index contributed by atoms with van der Waals surface area (Å²) in [7, 11) is 0. The number of halogens is 3. The largest absolute Gasteiger partial charge is 0.511 e. The van der Waals surface area contributed by atoms with E-state index in [0.717, 1.165) is 7.14 Å². The zero-order valence-corrected chi connectivity index (χ0v) is 14.5. The molecule has 0 radical (unpaired) electrons. The van der Waals surface area contributed by atoms with Gasteiger partial charge in [0, 0.05) is 12.7 Å². The number of phenolic OH excluding ortho intramolecular Hbond substituents is 1. The summed E-state index contributed by atoms with van der Waals surface area (Å²) in [5.74, 6) is -0.0612. The maximum atomic E-state index is 10.6. The van der Waals surface area contributed by atoms with Crippen LogP contribution in [0, 0.1) is 10.7 Å². The molecule has 0 bridgehead atoms. The van der Waals surface area contributed by atoms with Gasteiger partial charge in [0.25, 0.3) is 0 Å². The van der Waals surface area contributed by atoms with Gasteiger partial charge in [0.15, 0.2) is 11.5 Å².